The van der Waals surface area contributed by atoms with Crippen molar-refractivity contribution in [1.29, 1.82) is 0 Å². The molecule has 176 valence electrons. The van der Waals surface area contributed by atoms with Crippen molar-refractivity contribution in [1.82, 2.24) is 9.80 Å². The van der Waals surface area contributed by atoms with Gasteiger partial charge in [-0.15, -0.1) is 0 Å². The first-order valence-electron chi connectivity index (χ1n) is 14.0. The van der Waals surface area contributed by atoms with Gasteiger partial charge in [-0.1, -0.05) is 72.1 Å². The van der Waals surface area contributed by atoms with Crippen LogP contribution in [-0.4, -0.2) is 58.7 Å². The summed E-state index contributed by atoms with van der Waals surface area (Å²) in [6, 6.07) is 2.46. The molecule has 4 heteroatoms. The Morgan fingerprint density at radius 3 is 1.58 bits per heavy atom. The number of unbranched alkanes of at least 4 members (excludes halogenated alkanes) is 3. The minimum Gasteiger partial charge on any atom is -0.355 e. The first-order chi connectivity index (χ1) is 15.3. The van der Waals surface area contributed by atoms with E-state index in [0.29, 0.717) is 30.1 Å². The quantitative estimate of drug-likeness (QED) is 0.379. The molecule has 0 amide bonds. The highest BCUT2D eigenvalue weighted by Gasteiger charge is 2.45. The van der Waals surface area contributed by atoms with Gasteiger partial charge in [-0.3, -0.25) is 9.98 Å². The summed E-state index contributed by atoms with van der Waals surface area (Å²) in [5.41, 5.74) is 0. The fourth-order valence-corrected chi connectivity index (χ4v) is 6.62. The SMILES string of the molecule is CCCCC(C1=NC2CCCCC2N1CCCC)C1=NC2CCCCC2N1CCCC. The number of fused-ring (bicyclic) bond motifs is 2. The maximum absolute atomic E-state index is 5.51. The maximum Gasteiger partial charge on any atom is 0.110 e. The average molecular weight is 429 g/mol. The van der Waals surface area contributed by atoms with Gasteiger partial charge in [0.2, 0.25) is 0 Å². The second-order valence-electron chi connectivity index (χ2n) is 10.6. The summed E-state index contributed by atoms with van der Waals surface area (Å²) in [6.45, 7) is 9.41. The normalized spacial score (nSPS) is 31.3. The van der Waals surface area contributed by atoms with Crippen LogP contribution in [-0.2, 0) is 0 Å². The highest BCUT2D eigenvalue weighted by atomic mass is 15.3. The fourth-order valence-electron chi connectivity index (χ4n) is 6.62. The van der Waals surface area contributed by atoms with Crippen LogP contribution in [0.4, 0.5) is 0 Å². The first kappa shape index (κ1) is 23.1. The van der Waals surface area contributed by atoms with Gasteiger partial charge in [0.15, 0.2) is 0 Å². The van der Waals surface area contributed by atoms with E-state index in [2.05, 4.69) is 30.6 Å². The molecule has 0 bridgehead atoms. The van der Waals surface area contributed by atoms with E-state index in [-0.39, 0.29) is 0 Å². The van der Waals surface area contributed by atoms with Gasteiger partial charge in [-0.25, -0.2) is 0 Å². The van der Waals surface area contributed by atoms with Crippen molar-refractivity contribution in [2.45, 2.75) is 141 Å². The molecule has 2 aliphatic heterocycles. The van der Waals surface area contributed by atoms with Crippen LogP contribution in [0.25, 0.3) is 0 Å². The highest BCUT2D eigenvalue weighted by molar-refractivity contribution is 6.07. The zero-order valence-electron chi connectivity index (χ0n) is 20.7. The van der Waals surface area contributed by atoms with Crippen LogP contribution in [0.1, 0.15) is 117 Å². The Kier molecular flexibility index (Phi) is 8.34. The lowest BCUT2D eigenvalue weighted by Crippen LogP contribution is -2.49. The number of hydrogen-bond donors (Lipinski definition) is 0. The number of aliphatic imine (C=N–C) groups is 2. The molecule has 0 spiro atoms. The van der Waals surface area contributed by atoms with Gasteiger partial charge in [0.1, 0.15) is 11.7 Å². The van der Waals surface area contributed by atoms with Crippen molar-refractivity contribution in [3.05, 3.63) is 0 Å². The lowest BCUT2D eigenvalue weighted by molar-refractivity contribution is 0.231. The molecule has 0 N–H and O–H groups in total. The molecule has 2 heterocycles. The number of rotatable bonds is 11. The van der Waals surface area contributed by atoms with Gasteiger partial charge < -0.3 is 9.80 Å². The van der Waals surface area contributed by atoms with E-state index in [1.165, 1.54) is 121 Å². The van der Waals surface area contributed by atoms with Gasteiger partial charge in [0, 0.05) is 13.1 Å². The second-order valence-corrected chi connectivity index (χ2v) is 10.6. The largest absolute Gasteiger partial charge is 0.355 e. The van der Waals surface area contributed by atoms with Gasteiger partial charge in [0.25, 0.3) is 0 Å². The molecule has 4 nitrogen and oxygen atoms in total. The van der Waals surface area contributed by atoms with E-state index in [4.69, 9.17) is 9.98 Å². The summed E-state index contributed by atoms with van der Waals surface area (Å²) in [4.78, 5) is 16.6. The molecular formula is C27H48N4. The molecular weight excluding hydrogens is 380 g/mol. The van der Waals surface area contributed by atoms with E-state index >= 15 is 0 Å². The molecule has 0 aromatic carbocycles. The zero-order valence-corrected chi connectivity index (χ0v) is 20.7. The number of hydrogen-bond acceptors (Lipinski definition) is 4. The Hall–Kier alpha value is -1.06. The third-order valence-electron chi connectivity index (χ3n) is 8.35. The molecule has 4 atom stereocenters. The van der Waals surface area contributed by atoms with E-state index < -0.39 is 0 Å². The van der Waals surface area contributed by atoms with Crippen LogP contribution in [0, 0.1) is 5.92 Å². The van der Waals surface area contributed by atoms with Crippen molar-refractivity contribution in [3.8, 4) is 0 Å². The van der Waals surface area contributed by atoms with Gasteiger partial charge in [-0.2, -0.15) is 0 Å². The summed E-state index contributed by atoms with van der Waals surface area (Å²) in [7, 11) is 0. The molecule has 2 fully saturated rings. The zero-order chi connectivity index (χ0) is 21.6. The highest BCUT2D eigenvalue weighted by Crippen LogP contribution is 2.38. The minimum absolute atomic E-state index is 0.435. The standard InChI is InChI=1S/C27H48N4/c1-4-7-14-21(26-28-22-15-10-12-17-24(22)30(26)19-8-5-2)27-29-23-16-11-13-18-25(23)31(27)20-9-6-3/h21-25H,4-20H2,1-3H3. The predicted octanol–water partition coefficient (Wildman–Crippen LogP) is 6.44. The number of nitrogens with zero attached hydrogens (tertiary/aromatic N) is 4. The molecule has 4 unspecified atom stereocenters. The van der Waals surface area contributed by atoms with Crippen molar-refractivity contribution in [2.75, 3.05) is 13.1 Å². The summed E-state index contributed by atoms with van der Waals surface area (Å²) in [6.07, 6.45) is 19.7. The molecule has 0 aromatic rings. The van der Waals surface area contributed by atoms with E-state index in [0.717, 1.165) is 0 Å². The smallest absolute Gasteiger partial charge is 0.110 e. The van der Waals surface area contributed by atoms with Crippen LogP contribution in [0.2, 0.25) is 0 Å². The topological polar surface area (TPSA) is 31.2 Å². The molecule has 0 radical (unpaired) electrons. The Morgan fingerprint density at radius 1 is 0.677 bits per heavy atom. The third-order valence-corrected chi connectivity index (χ3v) is 8.35. The molecule has 0 aromatic heterocycles. The lowest BCUT2D eigenvalue weighted by Gasteiger charge is -2.38. The Balaban J connectivity index is 1.64. The Bertz CT molecular complexity index is 577. The fraction of sp³-hybridized carbons (Fsp3) is 0.926. The first-order valence-corrected chi connectivity index (χ1v) is 14.0. The molecule has 2 aliphatic carbocycles. The van der Waals surface area contributed by atoms with Crippen LogP contribution in [0.5, 0.6) is 0 Å². The van der Waals surface area contributed by atoms with Crippen LogP contribution in [0.3, 0.4) is 0 Å². The van der Waals surface area contributed by atoms with Crippen LogP contribution < -0.4 is 0 Å². The third kappa shape index (κ3) is 4.98. The minimum atomic E-state index is 0.435. The molecule has 4 aliphatic rings. The summed E-state index contributed by atoms with van der Waals surface area (Å²) in [5.74, 6) is 3.32. The van der Waals surface area contributed by atoms with E-state index in [1.807, 2.05) is 0 Å². The second kappa shape index (κ2) is 11.2. The monoisotopic (exact) mass is 428 g/mol. The summed E-state index contributed by atoms with van der Waals surface area (Å²) < 4.78 is 0. The van der Waals surface area contributed by atoms with Crippen molar-refractivity contribution in [3.63, 3.8) is 0 Å². The molecule has 0 saturated heterocycles. The van der Waals surface area contributed by atoms with E-state index in [9.17, 15) is 0 Å². The van der Waals surface area contributed by atoms with Crippen LogP contribution in [0.15, 0.2) is 9.98 Å². The molecule has 2 saturated carbocycles. The van der Waals surface area contributed by atoms with Crippen molar-refractivity contribution in [2.24, 2.45) is 15.9 Å². The molecule has 4 rings (SSSR count). The van der Waals surface area contributed by atoms with Gasteiger partial charge in [-0.05, 0) is 44.9 Å². The van der Waals surface area contributed by atoms with Crippen molar-refractivity contribution >= 4 is 11.7 Å². The Morgan fingerprint density at radius 2 is 1.13 bits per heavy atom. The van der Waals surface area contributed by atoms with Crippen molar-refractivity contribution < 1.29 is 0 Å². The average Bonchev–Trinajstić information content (AvgIpc) is 3.35. The summed E-state index contributed by atoms with van der Waals surface area (Å²) >= 11 is 0. The van der Waals surface area contributed by atoms with E-state index in [1.54, 1.807) is 0 Å². The van der Waals surface area contributed by atoms with Crippen LogP contribution >= 0.6 is 0 Å². The molecule has 31 heavy (non-hydrogen) atoms. The predicted molar refractivity (Wildman–Crippen MR) is 133 cm³/mol. The lowest BCUT2D eigenvalue weighted by atomic mass is 9.90. The maximum atomic E-state index is 5.51. The van der Waals surface area contributed by atoms with Gasteiger partial charge >= 0.3 is 0 Å². The number of amidine groups is 2. The summed E-state index contributed by atoms with van der Waals surface area (Å²) in [5, 5.41) is 0. The Labute approximate surface area is 192 Å². The van der Waals surface area contributed by atoms with Gasteiger partial charge in [0.05, 0.1) is 30.1 Å².